The Morgan fingerprint density at radius 2 is 0.921 bits per heavy atom. The molecule has 38 heavy (non-hydrogen) atoms. The fraction of sp³-hybridized carbons (Fsp3) is 0.900. The molecule has 7 nitrogen and oxygen atoms in total. The van der Waals surface area contributed by atoms with Gasteiger partial charge < -0.3 is 34.4 Å². The van der Waals surface area contributed by atoms with E-state index in [0.29, 0.717) is 19.3 Å². The molecule has 0 rings (SSSR count). The van der Waals surface area contributed by atoms with Gasteiger partial charge in [-0.2, -0.15) is 0 Å². The Morgan fingerprint density at radius 3 is 1.26 bits per heavy atom. The SMILES string of the molecule is CCCCCCCCOC(CC(=O)[O-])(C(=O)[O-])C(CCCCCCCC)(CCCCCCCC)C(=O)[O-].[Al+3]. The van der Waals surface area contributed by atoms with Crippen LogP contribution < -0.4 is 15.3 Å². The smallest absolute Gasteiger partial charge is 0.550 e. The molecule has 0 saturated carbocycles. The minimum absolute atomic E-state index is 0. The van der Waals surface area contributed by atoms with Gasteiger partial charge in [0.25, 0.3) is 0 Å². The van der Waals surface area contributed by atoms with Crippen LogP contribution in [0, 0.1) is 5.41 Å². The number of ether oxygens (including phenoxy) is 1. The van der Waals surface area contributed by atoms with E-state index in [1.807, 2.05) is 0 Å². The first-order valence-electron chi connectivity index (χ1n) is 15.0. The second-order valence-corrected chi connectivity index (χ2v) is 10.7. The van der Waals surface area contributed by atoms with Gasteiger partial charge in [-0.05, 0) is 19.3 Å². The fourth-order valence-corrected chi connectivity index (χ4v) is 5.33. The quantitative estimate of drug-likeness (QED) is 0.112. The molecular weight excluding hydrogens is 499 g/mol. The Labute approximate surface area is 242 Å². The van der Waals surface area contributed by atoms with Gasteiger partial charge >= 0.3 is 17.4 Å². The van der Waals surface area contributed by atoms with Crippen molar-refractivity contribution < 1.29 is 34.4 Å². The fourth-order valence-electron chi connectivity index (χ4n) is 5.33. The first-order chi connectivity index (χ1) is 17.7. The maximum atomic E-state index is 12.8. The summed E-state index contributed by atoms with van der Waals surface area (Å²) < 4.78 is 5.82. The van der Waals surface area contributed by atoms with E-state index in [9.17, 15) is 29.7 Å². The zero-order valence-electron chi connectivity index (χ0n) is 24.5. The average molecular weight is 553 g/mol. The molecule has 0 aliphatic carbocycles. The minimum atomic E-state index is -2.53. The topological polar surface area (TPSA) is 130 Å². The second-order valence-electron chi connectivity index (χ2n) is 10.7. The molecule has 8 heteroatoms. The van der Waals surface area contributed by atoms with E-state index in [0.717, 1.165) is 96.3 Å². The number of rotatable bonds is 27. The molecule has 0 aliphatic heterocycles. The third-order valence-corrected chi connectivity index (χ3v) is 7.65. The van der Waals surface area contributed by atoms with Crippen molar-refractivity contribution in [2.45, 2.75) is 161 Å². The van der Waals surface area contributed by atoms with Crippen molar-refractivity contribution in [1.29, 1.82) is 0 Å². The molecule has 0 spiro atoms. The number of carboxylic acids is 3. The van der Waals surface area contributed by atoms with E-state index in [4.69, 9.17) is 4.74 Å². The minimum Gasteiger partial charge on any atom is -0.550 e. The van der Waals surface area contributed by atoms with E-state index in [1.165, 1.54) is 0 Å². The van der Waals surface area contributed by atoms with Crippen LogP contribution in [0.25, 0.3) is 0 Å². The summed E-state index contributed by atoms with van der Waals surface area (Å²) in [5.41, 5.74) is -4.52. The number of aliphatic carboxylic acids is 3. The van der Waals surface area contributed by atoms with E-state index in [1.54, 1.807) is 0 Å². The summed E-state index contributed by atoms with van der Waals surface area (Å²) in [6, 6.07) is 0. The number of carbonyl (C=O) groups excluding carboxylic acids is 3. The van der Waals surface area contributed by atoms with Crippen molar-refractivity contribution in [1.82, 2.24) is 0 Å². The van der Waals surface area contributed by atoms with Gasteiger partial charge in [-0.25, -0.2) is 0 Å². The van der Waals surface area contributed by atoms with Crippen LogP contribution in [0.4, 0.5) is 0 Å². The Hall–Kier alpha value is -1.10. The maximum Gasteiger partial charge on any atom is 3.00 e. The molecular formula is C30H53AlO7. The molecule has 0 radical (unpaired) electrons. The van der Waals surface area contributed by atoms with Crippen LogP contribution in [-0.4, -0.2) is 47.5 Å². The second kappa shape index (κ2) is 23.8. The summed E-state index contributed by atoms with van der Waals surface area (Å²) in [4.78, 5) is 37.2. The van der Waals surface area contributed by atoms with E-state index < -0.39 is 35.3 Å². The molecule has 218 valence electrons. The van der Waals surface area contributed by atoms with Crippen LogP contribution in [0.2, 0.25) is 0 Å². The molecule has 0 amide bonds. The summed E-state index contributed by atoms with van der Waals surface area (Å²) in [7, 11) is 0. The van der Waals surface area contributed by atoms with Crippen LogP contribution >= 0.6 is 0 Å². The average Bonchev–Trinajstić information content (AvgIpc) is 2.85. The molecule has 1 atom stereocenters. The zero-order chi connectivity index (χ0) is 28.0. The van der Waals surface area contributed by atoms with E-state index in [-0.39, 0.29) is 36.8 Å². The predicted octanol–water partition coefficient (Wildman–Crippen LogP) is 3.85. The van der Waals surface area contributed by atoms with Crippen LogP contribution in [0.15, 0.2) is 0 Å². The van der Waals surface area contributed by atoms with Crippen molar-refractivity contribution in [3.05, 3.63) is 0 Å². The summed E-state index contributed by atoms with van der Waals surface area (Å²) in [5.74, 6) is -5.03. The third kappa shape index (κ3) is 14.3. The summed E-state index contributed by atoms with van der Waals surface area (Å²) >= 11 is 0. The van der Waals surface area contributed by atoms with Gasteiger partial charge in [0.1, 0.15) is 5.60 Å². The number of unbranched alkanes of at least 4 members (excludes halogenated alkanes) is 15. The Kier molecular flexibility index (Phi) is 24.4. The van der Waals surface area contributed by atoms with Crippen LogP contribution in [0.3, 0.4) is 0 Å². The Balaban J connectivity index is 0. The number of carbonyl (C=O) groups is 3. The standard InChI is InChI=1S/C30H56O7.Al/c1-4-7-10-13-16-19-22-29(27(33)34,23-20-17-14-11-8-5-2)30(28(35)36,25-26(31)32)37-24-21-18-15-12-9-6-3;/h4-25H2,1-3H3,(H,31,32)(H,33,34)(H,35,36);/q;+3/p-3. The van der Waals surface area contributed by atoms with Crippen LogP contribution in [0.5, 0.6) is 0 Å². The third-order valence-electron chi connectivity index (χ3n) is 7.65. The largest absolute Gasteiger partial charge is 3.00 e. The van der Waals surface area contributed by atoms with Crippen molar-refractivity contribution >= 4 is 35.3 Å². The molecule has 0 aliphatic rings. The molecule has 0 aromatic rings. The molecule has 0 fully saturated rings. The zero-order valence-corrected chi connectivity index (χ0v) is 25.6. The molecule has 0 bridgehead atoms. The van der Waals surface area contributed by atoms with Crippen molar-refractivity contribution in [3.8, 4) is 0 Å². The molecule has 1 unspecified atom stereocenters. The number of hydrogen-bond donors (Lipinski definition) is 0. The van der Waals surface area contributed by atoms with Gasteiger partial charge in [-0.3, -0.25) is 0 Å². The van der Waals surface area contributed by atoms with Crippen molar-refractivity contribution in [2.24, 2.45) is 5.41 Å². The van der Waals surface area contributed by atoms with Gasteiger partial charge in [0.05, 0.1) is 11.9 Å². The summed E-state index contributed by atoms with van der Waals surface area (Å²) in [5, 5.41) is 37.2. The first-order valence-corrected chi connectivity index (χ1v) is 15.0. The number of hydrogen-bond acceptors (Lipinski definition) is 7. The first kappa shape index (κ1) is 39.0. The molecule has 0 heterocycles. The maximum absolute atomic E-state index is 12.8. The normalized spacial score (nSPS) is 13.0. The van der Waals surface area contributed by atoms with Gasteiger partial charge in [0, 0.05) is 24.4 Å². The van der Waals surface area contributed by atoms with E-state index in [2.05, 4.69) is 20.8 Å². The van der Waals surface area contributed by atoms with Crippen molar-refractivity contribution in [2.75, 3.05) is 6.61 Å². The van der Waals surface area contributed by atoms with Gasteiger partial charge in [0.15, 0.2) is 0 Å². The summed E-state index contributed by atoms with van der Waals surface area (Å²) in [6.07, 6.45) is 15.0. The monoisotopic (exact) mass is 552 g/mol. The van der Waals surface area contributed by atoms with Gasteiger partial charge in [-0.15, -0.1) is 0 Å². The Morgan fingerprint density at radius 1 is 0.553 bits per heavy atom. The summed E-state index contributed by atoms with van der Waals surface area (Å²) in [6.45, 7) is 6.29. The van der Waals surface area contributed by atoms with Crippen LogP contribution in [0.1, 0.15) is 156 Å². The van der Waals surface area contributed by atoms with Gasteiger partial charge in [0.2, 0.25) is 0 Å². The van der Waals surface area contributed by atoms with Crippen molar-refractivity contribution in [3.63, 3.8) is 0 Å². The van der Waals surface area contributed by atoms with Gasteiger partial charge in [-0.1, -0.05) is 130 Å². The molecule has 0 aromatic heterocycles. The molecule has 0 aromatic carbocycles. The van der Waals surface area contributed by atoms with Crippen LogP contribution in [-0.2, 0) is 19.1 Å². The molecule has 0 saturated heterocycles. The number of carboxylic acid groups (broad SMARTS) is 3. The Bertz CT molecular complexity index is 610. The van der Waals surface area contributed by atoms with E-state index >= 15 is 0 Å². The molecule has 0 N–H and O–H groups in total. The predicted molar refractivity (Wildman–Crippen MR) is 146 cm³/mol.